The Morgan fingerprint density at radius 1 is 1.08 bits per heavy atom. The van der Waals surface area contributed by atoms with Crippen molar-refractivity contribution in [1.29, 1.82) is 0 Å². The van der Waals surface area contributed by atoms with E-state index in [1.807, 2.05) is 13.0 Å². The van der Waals surface area contributed by atoms with E-state index in [9.17, 15) is 0 Å². The summed E-state index contributed by atoms with van der Waals surface area (Å²) in [6.45, 7) is 8.75. The summed E-state index contributed by atoms with van der Waals surface area (Å²) in [7, 11) is 0. The molecule has 1 aromatic carbocycles. The van der Waals surface area contributed by atoms with Crippen LogP contribution in [0.3, 0.4) is 0 Å². The zero-order valence-electron chi connectivity index (χ0n) is 15.4. The van der Waals surface area contributed by atoms with Crippen LogP contribution >= 0.6 is 12.2 Å². The SMILES string of the molecule is CCCNC(=S)Nc1nc(C)cc(N2CCN(c3ccccc3)CC2)n1. The van der Waals surface area contributed by atoms with Crippen LogP contribution < -0.4 is 20.4 Å². The van der Waals surface area contributed by atoms with Crippen LogP contribution in [0.25, 0.3) is 0 Å². The van der Waals surface area contributed by atoms with Crippen LogP contribution in [0.4, 0.5) is 17.5 Å². The zero-order chi connectivity index (χ0) is 18.4. The summed E-state index contributed by atoms with van der Waals surface area (Å²) in [5.74, 6) is 1.50. The molecule has 3 rings (SSSR count). The molecule has 1 saturated heterocycles. The van der Waals surface area contributed by atoms with Gasteiger partial charge in [0, 0.05) is 50.2 Å². The lowest BCUT2D eigenvalue weighted by Crippen LogP contribution is -2.47. The van der Waals surface area contributed by atoms with Gasteiger partial charge in [0.1, 0.15) is 5.82 Å². The van der Waals surface area contributed by atoms with Crippen LogP contribution in [0.15, 0.2) is 36.4 Å². The number of nitrogens with zero attached hydrogens (tertiary/aromatic N) is 4. The van der Waals surface area contributed by atoms with Crippen LogP contribution in [-0.4, -0.2) is 47.8 Å². The normalized spacial score (nSPS) is 14.2. The average Bonchev–Trinajstić information content (AvgIpc) is 2.67. The maximum atomic E-state index is 5.29. The van der Waals surface area contributed by atoms with Crippen molar-refractivity contribution in [3.63, 3.8) is 0 Å². The lowest BCUT2D eigenvalue weighted by atomic mass is 10.2. The Morgan fingerprint density at radius 3 is 2.46 bits per heavy atom. The Labute approximate surface area is 160 Å². The molecule has 6 nitrogen and oxygen atoms in total. The van der Waals surface area contributed by atoms with E-state index < -0.39 is 0 Å². The molecule has 26 heavy (non-hydrogen) atoms. The molecule has 0 unspecified atom stereocenters. The van der Waals surface area contributed by atoms with E-state index in [1.54, 1.807) is 0 Å². The first kappa shape index (κ1) is 18.4. The van der Waals surface area contributed by atoms with Crippen LogP contribution in [-0.2, 0) is 0 Å². The summed E-state index contributed by atoms with van der Waals surface area (Å²) in [4.78, 5) is 13.8. The summed E-state index contributed by atoms with van der Waals surface area (Å²) < 4.78 is 0. The molecule has 2 aromatic rings. The summed E-state index contributed by atoms with van der Waals surface area (Å²) in [5.41, 5.74) is 2.21. The number of anilines is 3. The molecule has 0 radical (unpaired) electrons. The molecule has 1 aliphatic rings. The second kappa shape index (κ2) is 8.80. The lowest BCUT2D eigenvalue weighted by molar-refractivity contribution is 0.647. The first-order chi connectivity index (χ1) is 12.7. The number of thiocarbonyl (C=S) groups is 1. The standard InChI is InChI=1S/C19H26N6S/c1-3-9-20-19(26)23-18-21-15(2)14-17(22-18)25-12-10-24(11-13-25)16-7-5-4-6-8-16/h4-8,14H,3,9-13H2,1-2H3,(H2,20,21,22,23,26). The molecule has 0 bridgehead atoms. The predicted molar refractivity (Wildman–Crippen MR) is 112 cm³/mol. The molecular weight excluding hydrogens is 344 g/mol. The van der Waals surface area contributed by atoms with Gasteiger partial charge >= 0.3 is 0 Å². The number of para-hydroxylation sites is 1. The van der Waals surface area contributed by atoms with Gasteiger partial charge in [0.25, 0.3) is 0 Å². The molecule has 0 aliphatic carbocycles. The van der Waals surface area contributed by atoms with Gasteiger partial charge in [-0.15, -0.1) is 0 Å². The fourth-order valence-corrected chi connectivity index (χ4v) is 3.18. The summed E-state index contributed by atoms with van der Waals surface area (Å²) in [6, 6.07) is 12.6. The minimum absolute atomic E-state index is 0.555. The van der Waals surface area contributed by atoms with E-state index in [-0.39, 0.29) is 0 Å². The molecule has 1 aliphatic heterocycles. The molecule has 0 atom stereocenters. The van der Waals surface area contributed by atoms with Crippen molar-refractivity contribution in [2.24, 2.45) is 0 Å². The van der Waals surface area contributed by atoms with Crippen LogP contribution in [0, 0.1) is 6.92 Å². The van der Waals surface area contributed by atoms with E-state index >= 15 is 0 Å². The molecule has 2 heterocycles. The van der Waals surface area contributed by atoms with E-state index in [2.05, 4.69) is 67.7 Å². The first-order valence-corrected chi connectivity index (χ1v) is 9.52. The van der Waals surface area contributed by atoms with Crippen LogP contribution in [0.2, 0.25) is 0 Å². The number of benzene rings is 1. The highest BCUT2D eigenvalue weighted by Gasteiger charge is 2.19. The molecule has 7 heteroatoms. The van der Waals surface area contributed by atoms with Gasteiger partial charge in [0.2, 0.25) is 5.95 Å². The number of hydrogen-bond donors (Lipinski definition) is 2. The second-order valence-corrected chi connectivity index (χ2v) is 6.79. The number of rotatable bonds is 5. The van der Waals surface area contributed by atoms with Gasteiger partial charge < -0.3 is 20.4 Å². The maximum absolute atomic E-state index is 5.29. The van der Waals surface area contributed by atoms with Gasteiger partial charge in [0.05, 0.1) is 0 Å². The highest BCUT2D eigenvalue weighted by Crippen LogP contribution is 2.20. The number of piperazine rings is 1. The van der Waals surface area contributed by atoms with Gasteiger partial charge in [-0.25, -0.2) is 4.98 Å². The molecule has 138 valence electrons. The molecule has 0 spiro atoms. The number of nitrogens with one attached hydrogen (secondary N) is 2. The third-order valence-corrected chi connectivity index (χ3v) is 4.57. The fourth-order valence-electron chi connectivity index (χ4n) is 2.99. The monoisotopic (exact) mass is 370 g/mol. The topological polar surface area (TPSA) is 56.3 Å². The highest BCUT2D eigenvalue weighted by atomic mass is 32.1. The van der Waals surface area contributed by atoms with Crippen molar-refractivity contribution >= 4 is 34.8 Å². The van der Waals surface area contributed by atoms with Crippen molar-refractivity contribution in [3.8, 4) is 0 Å². The maximum Gasteiger partial charge on any atom is 0.231 e. The average molecular weight is 371 g/mol. The Bertz CT molecular complexity index is 728. The van der Waals surface area contributed by atoms with Crippen LogP contribution in [0.1, 0.15) is 19.0 Å². The Kier molecular flexibility index (Phi) is 6.22. The molecule has 2 N–H and O–H groups in total. The van der Waals surface area contributed by atoms with Gasteiger partial charge in [0.15, 0.2) is 5.11 Å². The van der Waals surface area contributed by atoms with Gasteiger partial charge in [-0.3, -0.25) is 0 Å². The molecule has 1 fully saturated rings. The lowest BCUT2D eigenvalue weighted by Gasteiger charge is -2.36. The van der Waals surface area contributed by atoms with Gasteiger partial charge in [-0.2, -0.15) is 4.98 Å². The Morgan fingerprint density at radius 2 is 1.77 bits per heavy atom. The predicted octanol–water partition coefficient (Wildman–Crippen LogP) is 2.81. The fraction of sp³-hybridized carbons (Fsp3) is 0.421. The van der Waals surface area contributed by atoms with Crippen LogP contribution in [0.5, 0.6) is 0 Å². The number of aryl methyl sites for hydroxylation is 1. The Hall–Kier alpha value is -2.41. The Balaban J connectivity index is 1.63. The van der Waals surface area contributed by atoms with Crippen molar-refractivity contribution < 1.29 is 0 Å². The van der Waals surface area contributed by atoms with Crippen molar-refractivity contribution in [3.05, 3.63) is 42.1 Å². The molecular formula is C19H26N6S. The summed E-state index contributed by atoms with van der Waals surface area (Å²) in [5, 5.41) is 6.80. The zero-order valence-corrected chi connectivity index (χ0v) is 16.2. The quantitative estimate of drug-likeness (QED) is 0.785. The summed E-state index contributed by atoms with van der Waals surface area (Å²) in [6.07, 6.45) is 1.02. The highest BCUT2D eigenvalue weighted by molar-refractivity contribution is 7.80. The number of hydrogen-bond acceptors (Lipinski definition) is 5. The molecule has 0 amide bonds. The first-order valence-electron chi connectivity index (χ1n) is 9.11. The van der Waals surface area contributed by atoms with Crippen molar-refractivity contribution in [2.75, 3.05) is 47.8 Å². The van der Waals surface area contributed by atoms with Gasteiger partial charge in [-0.05, 0) is 37.7 Å². The van der Waals surface area contributed by atoms with E-state index in [0.717, 1.165) is 50.7 Å². The van der Waals surface area contributed by atoms with E-state index in [0.29, 0.717) is 11.1 Å². The largest absolute Gasteiger partial charge is 0.368 e. The van der Waals surface area contributed by atoms with Crippen molar-refractivity contribution in [2.45, 2.75) is 20.3 Å². The third-order valence-electron chi connectivity index (χ3n) is 4.33. The molecule has 1 aromatic heterocycles. The smallest absolute Gasteiger partial charge is 0.231 e. The van der Waals surface area contributed by atoms with E-state index in [4.69, 9.17) is 12.2 Å². The molecule has 0 saturated carbocycles. The van der Waals surface area contributed by atoms with Crippen molar-refractivity contribution in [1.82, 2.24) is 15.3 Å². The second-order valence-electron chi connectivity index (χ2n) is 6.38. The number of aromatic nitrogens is 2. The minimum atomic E-state index is 0.555. The summed E-state index contributed by atoms with van der Waals surface area (Å²) >= 11 is 5.29. The third kappa shape index (κ3) is 4.82. The van der Waals surface area contributed by atoms with Gasteiger partial charge in [-0.1, -0.05) is 25.1 Å². The van der Waals surface area contributed by atoms with E-state index in [1.165, 1.54) is 5.69 Å². The minimum Gasteiger partial charge on any atom is -0.368 e.